The fourth-order valence-electron chi connectivity index (χ4n) is 5.55. The second-order valence-electron chi connectivity index (χ2n) is 10.3. The summed E-state index contributed by atoms with van der Waals surface area (Å²) in [6.45, 7) is 2.62. The highest BCUT2D eigenvalue weighted by molar-refractivity contribution is 5.96. The number of fused-ring (bicyclic) bond motifs is 2. The quantitative estimate of drug-likeness (QED) is 0.389. The van der Waals surface area contributed by atoms with Gasteiger partial charge in [-0.2, -0.15) is 5.10 Å². The average molecular weight is 510 g/mol. The molecule has 1 saturated heterocycles. The number of aromatic nitrogens is 5. The molecule has 5 aromatic rings. The highest BCUT2D eigenvalue weighted by atomic mass is 16.2. The van der Waals surface area contributed by atoms with Gasteiger partial charge in [-0.1, -0.05) is 6.07 Å². The van der Waals surface area contributed by atoms with Crippen LogP contribution in [0.5, 0.6) is 0 Å². The van der Waals surface area contributed by atoms with E-state index in [1.807, 2.05) is 12.4 Å². The number of nitrogens with zero attached hydrogens (tertiary/aromatic N) is 6. The third-order valence-electron chi connectivity index (χ3n) is 7.72. The Morgan fingerprint density at radius 3 is 2.68 bits per heavy atom. The van der Waals surface area contributed by atoms with Crippen LogP contribution in [0.3, 0.4) is 0 Å². The second-order valence-corrected chi connectivity index (χ2v) is 10.3. The van der Waals surface area contributed by atoms with Crippen molar-refractivity contribution in [1.82, 2.24) is 34.1 Å². The van der Waals surface area contributed by atoms with E-state index in [1.165, 1.54) is 16.7 Å². The molecule has 0 atom stereocenters. The Kier molecular flexibility index (Phi) is 6.07. The predicted octanol–water partition coefficient (Wildman–Crippen LogP) is 3.82. The Hall–Kier alpha value is -4.24. The standard InChI is InChI=1S/C29H31N7O2/c1-33(2)29(38)20-7-13-36(27(37)15-20)22-8-11-35(12-9-22)18-23-16-25-24(6-10-30-28(25)34(23)3)19-4-5-26-21(14-19)17-31-32-26/h4-7,10,13-17,22H,8-9,11-12,18H2,1-3H3,(H,31,32). The van der Waals surface area contributed by atoms with Gasteiger partial charge < -0.3 is 14.0 Å². The van der Waals surface area contributed by atoms with Gasteiger partial charge in [0.05, 0.1) is 11.7 Å². The lowest BCUT2D eigenvalue weighted by Gasteiger charge is -2.33. The molecular weight excluding hydrogens is 478 g/mol. The molecule has 0 radical (unpaired) electrons. The molecule has 1 fully saturated rings. The van der Waals surface area contributed by atoms with E-state index in [9.17, 15) is 9.59 Å². The van der Waals surface area contributed by atoms with Crippen LogP contribution in [0.4, 0.5) is 0 Å². The van der Waals surface area contributed by atoms with Gasteiger partial charge >= 0.3 is 0 Å². The van der Waals surface area contributed by atoms with Crippen LogP contribution in [0.1, 0.15) is 34.9 Å². The highest BCUT2D eigenvalue weighted by Gasteiger charge is 2.23. The van der Waals surface area contributed by atoms with Crippen LogP contribution in [-0.2, 0) is 13.6 Å². The van der Waals surface area contributed by atoms with Crippen LogP contribution in [0.2, 0.25) is 0 Å². The summed E-state index contributed by atoms with van der Waals surface area (Å²) in [5.74, 6) is -0.154. The number of hydrogen-bond donors (Lipinski definition) is 1. The van der Waals surface area contributed by atoms with E-state index >= 15 is 0 Å². The molecule has 1 aliphatic rings. The van der Waals surface area contributed by atoms with E-state index in [0.717, 1.165) is 65.5 Å². The number of hydrogen-bond acceptors (Lipinski definition) is 5. The third-order valence-corrected chi connectivity index (χ3v) is 7.72. The fraction of sp³-hybridized carbons (Fsp3) is 0.310. The van der Waals surface area contributed by atoms with Crippen molar-refractivity contribution in [3.63, 3.8) is 0 Å². The van der Waals surface area contributed by atoms with Crippen LogP contribution in [0.15, 0.2) is 65.8 Å². The number of likely N-dealkylation sites (tertiary alicyclic amines) is 1. The molecule has 6 rings (SSSR count). The maximum Gasteiger partial charge on any atom is 0.253 e. The molecule has 0 saturated carbocycles. The van der Waals surface area contributed by atoms with Crippen molar-refractivity contribution in [3.05, 3.63) is 82.7 Å². The van der Waals surface area contributed by atoms with E-state index in [1.54, 1.807) is 30.9 Å². The second kappa shape index (κ2) is 9.57. The summed E-state index contributed by atoms with van der Waals surface area (Å²) >= 11 is 0. The van der Waals surface area contributed by atoms with Gasteiger partial charge in [-0.3, -0.25) is 19.6 Å². The Labute approximate surface area is 220 Å². The minimum Gasteiger partial charge on any atom is -0.345 e. The van der Waals surface area contributed by atoms with Gasteiger partial charge in [-0.25, -0.2) is 4.98 Å². The molecule has 9 nitrogen and oxygen atoms in total. The van der Waals surface area contributed by atoms with E-state index in [-0.39, 0.29) is 17.5 Å². The first kappa shape index (κ1) is 24.1. The van der Waals surface area contributed by atoms with Gasteiger partial charge in [-0.15, -0.1) is 0 Å². The number of aryl methyl sites for hydroxylation is 1. The number of pyridine rings is 2. The summed E-state index contributed by atoms with van der Waals surface area (Å²) < 4.78 is 3.97. The van der Waals surface area contributed by atoms with Gasteiger partial charge in [0.1, 0.15) is 5.65 Å². The minimum atomic E-state index is -0.154. The summed E-state index contributed by atoms with van der Waals surface area (Å²) in [6, 6.07) is 14.0. The molecule has 5 heterocycles. The molecule has 0 aliphatic carbocycles. The molecule has 9 heteroatoms. The topological polar surface area (TPSA) is 92.1 Å². The van der Waals surface area contributed by atoms with Gasteiger partial charge in [0.25, 0.3) is 11.5 Å². The molecule has 1 aliphatic heterocycles. The van der Waals surface area contributed by atoms with Crippen molar-refractivity contribution < 1.29 is 4.79 Å². The molecule has 0 bridgehead atoms. The lowest BCUT2D eigenvalue weighted by molar-refractivity contribution is 0.0827. The van der Waals surface area contributed by atoms with Crippen LogP contribution in [0.25, 0.3) is 33.1 Å². The summed E-state index contributed by atoms with van der Waals surface area (Å²) in [5.41, 5.74) is 5.84. The number of amides is 1. The molecular formula is C29H31N7O2. The first-order valence-corrected chi connectivity index (χ1v) is 12.9. The smallest absolute Gasteiger partial charge is 0.253 e. The number of benzene rings is 1. The Morgan fingerprint density at radius 1 is 1.11 bits per heavy atom. The van der Waals surface area contributed by atoms with Crippen LogP contribution < -0.4 is 5.56 Å². The number of piperidine rings is 1. The number of aromatic amines is 1. The Morgan fingerprint density at radius 2 is 1.92 bits per heavy atom. The van der Waals surface area contributed by atoms with Gasteiger partial charge in [0.2, 0.25) is 0 Å². The van der Waals surface area contributed by atoms with Crippen LogP contribution >= 0.6 is 0 Å². The molecule has 1 aromatic carbocycles. The van der Waals surface area contributed by atoms with E-state index in [4.69, 9.17) is 0 Å². The number of nitrogens with one attached hydrogen (secondary N) is 1. The molecule has 0 spiro atoms. The van der Waals surface area contributed by atoms with Crippen LogP contribution in [0, 0.1) is 0 Å². The SMILES string of the molecule is CN(C)C(=O)c1ccn(C2CCN(Cc3cc4c(-c5ccc6[nH]ncc6c5)ccnc4n3C)CC2)c(=O)c1. The maximum atomic E-state index is 12.8. The summed E-state index contributed by atoms with van der Waals surface area (Å²) in [7, 11) is 5.46. The average Bonchev–Trinajstić information content (AvgIpc) is 3.52. The zero-order valence-electron chi connectivity index (χ0n) is 21.9. The zero-order valence-corrected chi connectivity index (χ0v) is 21.9. The van der Waals surface area contributed by atoms with Gasteiger partial charge in [-0.05, 0) is 54.3 Å². The van der Waals surface area contributed by atoms with Crippen molar-refractivity contribution >= 4 is 27.8 Å². The van der Waals surface area contributed by atoms with Gasteiger partial charge in [0, 0.05) is 87.3 Å². The van der Waals surface area contributed by atoms with E-state index in [0.29, 0.717) is 5.56 Å². The first-order valence-electron chi connectivity index (χ1n) is 12.9. The number of H-pyrrole nitrogens is 1. The van der Waals surface area contributed by atoms with Gasteiger partial charge in [0.15, 0.2) is 0 Å². The van der Waals surface area contributed by atoms with Crippen molar-refractivity contribution in [2.24, 2.45) is 7.05 Å². The molecule has 1 N–H and O–H groups in total. The van der Waals surface area contributed by atoms with Crippen molar-refractivity contribution in [3.8, 4) is 11.1 Å². The van der Waals surface area contributed by atoms with E-state index in [2.05, 4.69) is 62.0 Å². The summed E-state index contributed by atoms with van der Waals surface area (Å²) in [4.78, 5) is 33.6. The van der Waals surface area contributed by atoms with E-state index < -0.39 is 0 Å². The summed E-state index contributed by atoms with van der Waals surface area (Å²) in [5, 5.41) is 9.39. The number of carbonyl (C=O) groups is 1. The molecule has 0 unspecified atom stereocenters. The molecule has 38 heavy (non-hydrogen) atoms. The molecule has 1 amide bonds. The van der Waals surface area contributed by atoms with Crippen LogP contribution in [-0.4, -0.2) is 67.2 Å². The Bertz CT molecular complexity index is 1700. The maximum absolute atomic E-state index is 12.8. The van der Waals surface area contributed by atoms with Crippen molar-refractivity contribution in [1.29, 1.82) is 0 Å². The zero-order chi connectivity index (χ0) is 26.4. The fourth-order valence-corrected chi connectivity index (χ4v) is 5.55. The lowest BCUT2D eigenvalue weighted by Crippen LogP contribution is -2.37. The highest BCUT2D eigenvalue weighted by Crippen LogP contribution is 2.32. The first-order chi connectivity index (χ1) is 18.4. The normalized spacial score (nSPS) is 14.9. The number of carbonyl (C=O) groups excluding carboxylic acids is 1. The lowest BCUT2D eigenvalue weighted by atomic mass is 10.0. The third kappa shape index (κ3) is 4.28. The Balaban J connectivity index is 1.19. The largest absolute Gasteiger partial charge is 0.345 e. The molecule has 4 aromatic heterocycles. The summed E-state index contributed by atoms with van der Waals surface area (Å²) in [6.07, 6.45) is 7.28. The molecule has 194 valence electrons. The monoisotopic (exact) mass is 509 g/mol. The number of rotatable bonds is 5. The minimum absolute atomic E-state index is 0.114. The van der Waals surface area contributed by atoms with Crippen molar-refractivity contribution in [2.75, 3.05) is 27.2 Å². The van der Waals surface area contributed by atoms with Crippen molar-refractivity contribution in [2.45, 2.75) is 25.4 Å². The predicted molar refractivity (Wildman–Crippen MR) is 148 cm³/mol.